The Morgan fingerprint density at radius 1 is 0.917 bits per heavy atom. The third kappa shape index (κ3) is 5.79. The zero-order valence-electron chi connectivity index (χ0n) is 21.0. The second kappa shape index (κ2) is 11.4. The first-order chi connectivity index (χ1) is 17.7. The van der Waals surface area contributed by atoms with Crippen LogP contribution >= 0.6 is 0 Å². The number of carbonyl (C=O) groups is 1. The zero-order valence-corrected chi connectivity index (χ0v) is 21.0. The molecule has 0 N–H and O–H groups in total. The third-order valence-electron chi connectivity index (χ3n) is 7.09. The van der Waals surface area contributed by atoms with E-state index in [1.165, 1.54) is 24.6 Å². The topological polar surface area (TPSA) is 67.2 Å². The van der Waals surface area contributed by atoms with Gasteiger partial charge in [-0.2, -0.15) is 5.10 Å². The Hall–Kier alpha value is -3.58. The van der Waals surface area contributed by atoms with Crippen molar-refractivity contribution in [1.29, 1.82) is 0 Å². The number of hydrogen-bond donors (Lipinski definition) is 0. The van der Waals surface area contributed by atoms with Crippen molar-refractivity contribution in [2.45, 2.75) is 39.2 Å². The largest absolute Gasteiger partial charge is 0.339 e. The van der Waals surface area contributed by atoms with Crippen LogP contribution in [0, 0.1) is 6.92 Å². The molecule has 2 aromatic heterocycles. The Labute approximate surface area is 212 Å². The highest BCUT2D eigenvalue weighted by molar-refractivity contribution is 5.90. The summed E-state index contributed by atoms with van der Waals surface area (Å²) in [5, 5.41) is 7.04. The number of benzene rings is 2. The number of rotatable bonds is 9. The maximum Gasteiger partial charge on any atom is 0.227 e. The van der Waals surface area contributed by atoms with Crippen molar-refractivity contribution in [3.05, 3.63) is 78.4 Å². The summed E-state index contributed by atoms with van der Waals surface area (Å²) in [5.74, 6) is 1.70. The van der Waals surface area contributed by atoms with Gasteiger partial charge < -0.3 is 9.80 Å². The summed E-state index contributed by atoms with van der Waals surface area (Å²) >= 11 is 0. The minimum Gasteiger partial charge on any atom is -0.339 e. The van der Waals surface area contributed by atoms with Crippen molar-refractivity contribution >= 4 is 16.7 Å². The van der Waals surface area contributed by atoms with E-state index in [0.29, 0.717) is 25.3 Å². The van der Waals surface area contributed by atoms with Gasteiger partial charge in [-0.1, -0.05) is 48.9 Å². The monoisotopic (exact) mass is 482 g/mol. The molecule has 3 heterocycles. The summed E-state index contributed by atoms with van der Waals surface area (Å²) in [6.07, 6.45) is 7.71. The molecule has 5 rings (SSSR count). The molecule has 0 radical (unpaired) electrons. The first kappa shape index (κ1) is 24.1. The summed E-state index contributed by atoms with van der Waals surface area (Å²) in [6, 6.07) is 18.3. The van der Waals surface area contributed by atoms with Gasteiger partial charge in [0.05, 0.1) is 13.0 Å². The van der Waals surface area contributed by atoms with Gasteiger partial charge in [0.1, 0.15) is 5.82 Å². The summed E-state index contributed by atoms with van der Waals surface area (Å²) < 4.78 is 1.91. The third-order valence-corrected chi connectivity index (χ3v) is 7.09. The predicted molar refractivity (Wildman–Crippen MR) is 143 cm³/mol. The van der Waals surface area contributed by atoms with Crippen molar-refractivity contribution in [3.63, 3.8) is 0 Å². The molecule has 4 aromatic rings. The molecule has 0 aliphatic carbocycles. The van der Waals surface area contributed by atoms with Gasteiger partial charge in [0.25, 0.3) is 0 Å². The molecule has 0 spiro atoms. The molecule has 2 aromatic carbocycles. The van der Waals surface area contributed by atoms with Crippen molar-refractivity contribution in [3.8, 4) is 11.4 Å². The highest BCUT2D eigenvalue weighted by Crippen LogP contribution is 2.20. The molecule has 1 amide bonds. The average Bonchev–Trinajstić information content (AvgIpc) is 3.30. The lowest BCUT2D eigenvalue weighted by atomic mass is 10.0. The van der Waals surface area contributed by atoms with E-state index >= 15 is 0 Å². The van der Waals surface area contributed by atoms with Gasteiger partial charge in [-0.15, -0.1) is 0 Å². The van der Waals surface area contributed by atoms with E-state index in [0.717, 1.165) is 48.5 Å². The van der Waals surface area contributed by atoms with E-state index in [-0.39, 0.29) is 5.91 Å². The van der Waals surface area contributed by atoms with Gasteiger partial charge in [-0.3, -0.25) is 9.78 Å². The lowest BCUT2D eigenvalue weighted by Gasteiger charge is -2.30. The lowest BCUT2D eigenvalue weighted by molar-refractivity contribution is -0.130. The standard InChI is InChI=1S/C29H34N6O/c1-23-31-29(25-12-14-30-15-13-25)32-35(23)21-20-34(19-18-33-16-5-2-6-17-33)28(36)22-26-10-7-9-24-8-3-4-11-27(24)26/h3-4,7-15H,2,5-6,16-22H2,1H3. The Balaban J connectivity index is 1.31. The second-order valence-electron chi connectivity index (χ2n) is 9.54. The number of aryl methyl sites for hydroxylation is 1. The molecule has 0 saturated carbocycles. The van der Waals surface area contributed by atoms with Gasteiger partial charge >= 0.3 is 0 Å². The predicted octanol–water partition coefficient (Wildman–Crippen LogP) is 4.36. The summed E-state index contributed by atoms with van der Waals surface area (Å²) in [6.45, 7) is 7.09. The molecule has 1 aliphatic heterocycles. The van der Waals surface area contributed by atoms with E-state index in [1.807, 2.05) is 46.8 Å². The average molecular weight is 483 g/mol. The van der Waals surface area contributed by atoms with Crippen LogP contribution in [-0.4, -0.2) is 68.2 Å². The number of likely N-dealkylation sites (tertiary alicyclic amines) is 1. The van der Waals surface area contributed by atoms with Crippen LogP contribution in [-0.2, 0) is 17.8 Å². The van der Waals surface area contributed by atoms with E-state index in [9.17, 15) is 4.79 Å². The molecule has 0 atom stereocenters. The van der Waals surface area contributed by atoms with E-state index < -0.39 is 0 Å². The van der Waals surface area contributed by atoms with Gasteiger partial charge in [0, 0.05) is 37.6 Å². The van der Waals surface area contributed by atoms with Crippen LogP contribution in [0.4, 0.5) is 0 Å². The minimum atomic E-state index is 0.162. The Morgan fingerprint density at radius 3 is 2.50 bits per heavy atom. The lowest BCUT2D eigenvalue weighted by Crippen LogP contribution is -2.42. The van der Waals surface area contributed by atoms with Crippen molar-refractivity contribution in [2.24, 2.45) is 0 Å². The van der Waals surface area contributed by atoms with Crippen LogP contribution in [0.3, 0.4) is 0 Å². The van der Waals surface area contributed by atoms with Crippen LogP contribution in [0.1, 0.15) is 30.7 Å². The molecule has 1 saturated heterocycles. The number of fused-ring (bicyclic) bond motifs is 1. The van der Waals surface area contributed by atoms with E-state index in [4.69, 9.17) is 5.10 Å². The summed E-state index contributed by atoms with van der Waals surface area (Å²) in [5.41, 5.74) is 2.03. The maximum absolute atomic E-state index is 13.6. The molecule has 36 heavy (non-hydrogen) atoms. The number of amides is 1. The SMILES string of the molecule is Cc1nc(-c2ccncc2)nn1CCN(CCN1CCCCC1)C(=O)Cc1cccc2ccccc12. The Kier molecular flexibility index (Phi) is 7.67. The van der Waals surface area contributed by atoms with E-state index in [1.54, 1.807) is 12.4 Å². The van der Waals surface area contributed by atoms with E-state index in [2.05, 4.69) is 39.1 Å². The first-order valence-electron chi connectivity index (χ1n) is 13.0. The number of carbonyl (C=O) groups excluding carboxylic acids is 1. The molecular weight excluding hydrogens is 448 g/mol. The molecule has 7 heteroatoms. The van der Waals surface area contributed by atoms with Crippen molar-refractivity contribution in [1.82, 2.24) is 29.5 Å². The fourth-order valence-electron chi connectivity index (χ4n) is 5.00. The first-order valence-corrected chi connectivity index (χ1v) is 13.0. The Morgan fingerprint density at radius 2 is 1.67 bits per heavy atom. The minimum absolute atomic E-state index is 0.162. The number of pyridine rings is 1. The van der Waals surface area contributed by atoms with Crippen LogP contribution in [0.25, 0.3) is 22.2 Å². The van der Waals surface area contributed by atoms with Crippen LogP contribution < -0.4 is 0 Å². The number of nitrogens with zero attached hydrogens (tertiary/aromatic N) is 6. The van der Waals surface area contributed by atoms with Crippen LogP contribution in [0.2, 0.25) is 0 Å². The fraction of sp³-hybridized carbons (Fsp3) is 0.379. The summed E-state index contributed by atoms with van der Waals surface area (Å²) in [4.78, 5) is 26.8. The smallest absolute Gasteiger partial charge is 0.227 e. The molecule has 0 bridgehead atoms. The molecular formula is C29H34N6O. The second-order valence-corrected chi connectivity index (χ2v) is 9.54. The maximum atomic E-state index is 13.6. The van der Waals surface area contributed by atoms with Crippen molar-refractivity contribution < 1.29 is 4.79 Å². The van der Waals surface area contributed by atoms with Gasteiger partial charge in [0.2, 0.25) is 5.91 Å². The van der Waals surface area contributed by atoms with Gasteiger partial charge in [-0.25, -0.2) is 9.67 Å². The van der Waals surface area contributed by atoms with Crippen LogP contribution in [0.5, 0.6) is 0 Å². The number of piperidine rings is 1. The zero-order chi connectivity index (χ0) is 24.7. The highest BCUT2D eigenvalue weighted by Gasteiger charge is 2.19. The quantitative estimate of drug-likeness (QED) is 0.355. The van der Waals surface area contributed by atoms with Gasteiger partial charge in [0.15, 0.2) is 5.82 Å². The van der Waals surface area contributed by atoms with Crippen molar-refractivity contribution in [2.75, 3.05) is 32.7 Å². The van der Waals surface area contributed by atoms with Crippen LogP contribution in [0.15, 0.2) is 67.0 Å². The molecule has 7 nitrogen and oxygen atoms in total. The highest BCUT2D eigenvalue weighted by atomic mass is 16.2. The molecule has 186 valence electrons. The normalized spacial score (nSPS) is 14.2. The van der Waals surface area contributed by atoms with Gasteiger partial charge in [-0.05, 0) is 61.3 Å². The molecule has 1 fully saturated rings. The summed E-state index contributed by atoms with van der Waals surface area (Å²) in [7, 11) is 0. The molecule has 1 aliphatic rings. The number of aromatic nitrogens is 4. The molecule has 0 unspecified atom stereocenters. The Bertz CT molecular complexity index is 1290. The number of hydrogen-bond acceptors (Lipinski definition) is 5. The fourth-order valence-corrected chi connectivity index (χ4v) is 5.00.